The van der Waals surface area contributed by atoms with Crippen LogP contribution in [-0.4, -0.2) is 58.6 Å². The highest BCUT2D eigenvalue weighted by molar-refractivity contribution is 7.91. The lowest BCUT2D eigenvalue weighted by molar-refractivity contribution is 0.0735. The molecule has 0 saturated carbocycles. The van der Waals surface area contributed by atoms with E-state index in [-0.39, 0.29) is 17.5 Å². The molecule has 110 valence electrons. The molecular weight excluding hydrogens is 278 g/mol. The van der Waals surface area contributed by atoms with E-state index in [1.165, 1.54) is 0 Å². The van der Waals surface area contributed by atoms with Crippen LogP contribution < -0.4 is 0 Å². The summed E-state index contributed by atoms with van der Waals surface area (Å²) in [4.78, 5) is 10.9. The Morgan fingerprint density at radius 1 is 1.45 bits per heavy atom. The molecule has 1 aromatic rings. The molecule has 0 radical (unpaired) electrons. The lowest BCUT2D eigenvalue weighted by Gasteiger charge is -2.33. The zero-order valence-electron chi connectivity index (χ0n) is 11.5. The molecule has 2 aliphatic rings. The van der Waals surface area contributed by atoms with Crippen molar-refractivity contribution < 1.29 is 13.5 Å². The van der Waals surface area contributed by atoms with Gasteiger partial charge in [-0.1, -0.05) is 6.92 Å². The van der Waals surface area contributed by atoms with E-state index in [2.05, 4.69) is 9.97 Å². The fourth-order valence-electron chi connectivity index (χ4n) is 2.98. The van der Waals surface area contributed by atoms with Crippen molar-refractivity contribution in [1.82, 2.24) is 14.9 Å². The number of nitrogens with zero attached hydrogens (tertiary/aromatic N) is 3. The van der Waals surface area contributed by atoms with Crippen molar-refractivity contribution in [3.63, 3.8) is 0 Å². The average molecular weight is 297 g/mol. The van der Waals surface area contributed by atoms with E-state index >= 15 is 0 Å². The molecular formula is C13H19N3O3S. The second-order valence-electron chi connectivity index (χ2n) is 5.54. The van der Waals surface area contributed by atoms with E-state index < -0.39 is 15.9 Å². The third-order valence-electron chi connectivity index (χ3n) is 4.10. The van der Waals surface area contributed by atoms with Gasteiger partial charge in [0.2, 0.25) is 0 Å². The van der Waals surface area contributed by atoms with E-state index in [0.717, 1.165) is 36.5 Å². The first-order chi connectivity index (χ1) is 9.48. The highest BCUT2D eigenvalue weighted by Crippen LogP contribution is 2.24. The van der Waals surface area contributed by atoms with Crippen molar-refractivity contribution in [2.75, 3.05) is 18.1 Å². The Morgan fingerprint density at radius 3 is 2.90 bits per heavy atom. The van der Waals surface area contributed by atoms with Gasteiger partial charge in [0, 0.05) is 25.7 Å². The zero-order chi connectivity index (χ0) is 14.3. The van der Waals surface area contributed by atoms with Gasteiger partial charge in [-0.3, -0.25) is 4.90 Å². The van der Waals surface area contributed by atoms with Gasteiger partial charge in [-0.15, -0.1) is 0 Å². The number of sulfone groups is 1. The Morgan fingerprint density at radius 2 is 2.25 bits per heavy atom. The van der Waals surface area contributed by atoms with Crippen molar-refractivity contribution in [2.24, 2.45) is 0 Å². The number of aliphatic hydroxyl groups excluding tert-OH is 1. The Kier molecular flexibility index (Phi) is 3.51. The molecule has 1 fully saturated rings. The van der Waals surface area contributed by atoms with Gasteiger partial charge >= 0.3 is 0 Å². The molecule has 3 heterocycles. The summed E-state index contributed by atoms with van der Waals surface area (Å²) in [5.41, 5.74) is 2.10. The number of hydrogen-bond donors (Lipinski definition) is 1. The van der Waals surface area contributed by atoms with Crippen LogP contribution >= 0.6 is 0 Å². The maximum absolute atomic E-state index is 11.6. The molecule has 0 unspecified atom stereocenters. The summed E-state index contributed by atoms with van der Waals surface area (Å²) in [5.74, 6) is 0.741. The lowest BCUT2D eigenvalue weighted by atomic mass is 10.0. The second kappa shape index (κ2) is 5.05. The van der Waals surface area contributed by atoms with Crippen molar-refractivity contribution >= 4 is 9.84 Å². The minimum absolute atomic E-state index is 0.0508. The van der Waals surface area contributed by atoms with Crippen molar-refractivity contribution in [2.45, 2.75) is 38.5 Å². The largest absolute Gasteiger partial charge is 0.390 e. The summed E-state index contributed by atoms with van der Waals surface area (Å²) in [6.07, 6.45) is 2.69. The highest BCUT2D eigenvalue weighted by Gasteiger charge is 2.40. The SMILES string of the molecule is CCc1ncc2c(n1)CN([C@H]1CS(=O)(=O)C[C@@H]1O)CC2. The minimum atomic E-state index is -3.11. The van der Waals surface area contributed by atoms with E-state index in [1.54, 1.807) is 0 Å². The topological polar surface area (TPSA) is 83.4 Å². The summed E-state index contributed by atoms with van der Waals surface area (Å²) < 4.78 is 23.3. The van der Waals surface area contributed by atoms with Crippen LogP contribution in [0.5, 0.6) is 0 Å². The highest BCUT2D eigenvalue weighted by atomic mass is 32.2. The molecule has 0 bridgehead atoms. The average Bonchev–Trinajstić information content (AvgIpc) is 2.70. The van der Waals surface area contributed by atoms with E-state index in [1.807, 2.05) is 18.0 Å². The summed E-state index contributed by atoms with van der Waals surface area (Å²) in [6, 6.07) is -0.298. The van der Waals surface area contributed by atoms with Crippen molar-refractivity contribution in [3.8, 4) is 0 Å². The number of aliphatic hydroxyl groups is 1. The predicted octanol–water partition coefficient (Wildman–Crippen LogP) is -0.445. The Balaban J connectivity index is 1.81. The van der Waals surface area contributed by atoms with Crippen LogP contribution in [0.15, 0.2) is 6.20 Å². The van der Waals surface area contributed by atoms with Gasteiger partial charge in [0.05, 0.1) is 29.3 Å². The molecule has 7 heteroatoms. The normalized spacial score (nSPS) is 29.3. The van der Waals surface area contributed by atoms with E-state index in [4.69, 9.17) is 0 Å². The maximum atomic E-state index is 11.6. The van der Waals surface area contributed by atoms with Crippen LogP contribution in [0.1, 0.15) is 24.0 Å². The molecule has 1 saturated heterocycles. The van der Waals surface area contributed by atoms with Crippen LogP contribution in [0.25, 0.3) is 0 Å². The summed E-state index contributed by atoms with van der Waals surface area (Å²) in [7, 11) is -3.11. The smallest absolute Gasteiger partial charge is 0.154 e. The van der Waals surface area contributed by atoms with Gasteiger partial charge in [-0.05, 0) is 12.0 Å². The number of fused-ring (bicyclic) bond motifs is 1. The molecule has 0 aliphatic carbocycles. The number of aryl methyl sites for hydroxylation is 1. The molecule has 0 spiro atoms. The first-order valence-electron chi connectivity index (χ1n) is 6.94. The molecule has 2 aliphatic heterocycles. The standard InChI is InChI=1S/C13H19N3O3S/c1-2-13-14-5-9-3-4-16(6-10(9)15-13)11-7-20(18,19)8-12(11)17/h5,11-12,17H,2-4,6-8H2,1H3/t11-,12-/m0/s1. The molecule has 2 atom stereocenters. The van der Waals surface area contributed by atoms with Crippen LogP contribution in [0.2, 0.25) is 0 Å². The van der Waals surface area contributed by atoms with E-state index in [0.29, 0.717) is 6.54 Å². The molecule has 6 nitrogen and oxygen atoms in total. The molecule has 0 aromatic carbocycles. The first-order valence-corrected chi connectivity index (χ1v) is 8.77. The summed E-state index contributed by atoms with van der Waals surface area (Å²) in [5, 5.41) is 9.97. The summed E-state index contributed by atoms with van der Waals surface area (Å²) >= 11 is 0. The van der Waals surface area contributed by atoms with Crippen LogP contribution in [-0.2, 0) is 29.2 Å². The molecule has 0 amide bonds. The third kappa shape index (κ3) is 2.57. The van der Waals surface area contributed by atoms with Crippen LogP contribution in [0.3, 0.4) is 0 Å². The lowest BCUT2D eigenvalue weighted by Crippen LogP contribution is -2.45. The number of hydrogen-bond acceptors (Lipinski definition) is 6. The quantitative estimate of drug-likeness (QED) is 0.796. The van der Waals surface area contributed by atoms with E-state index in [9.17, 15) is 13.5 Å². The van der Waals surface area contributed by atoms with Crippen molar-refractivity contribution in [1.29, 1.82) is 0 Å². The Hall–Kier alpha value is -1.05. The zero-order valence-corrected chi connectivity index (χ0v) is 12.3. The van der Waals surface area contributed by atoms with Crippen LogP contribution in [0.4, 0.5) is 0 Å². The summed E-state index contributed by atoms with van der Waals surface area (Å²) in [6.45, 7) is 3.36. The fourth-order valence-corrected chi connectivity index (χ4v) is 4.81. The van der Waals surface area contributed by atoms with Crippen molar-refractivity contribution in [3.05, 3.63) is 23.3 Å². The van der Waals surface area contributed by atoms with Crippen LogP contribution in [0, 0.1) is 0 Å². The van der Waals surface area contributed by atoms with Gasteiger partial charge < -0.3 is 5.11 Å². The first kappa shape index (κ1) is 13.9. The predicted molar refractivity (Wildman–Crippen MR) is 74.0 cm³/mol. The van der Waals surface area contributed by atoms with Gasteiger partial charge in [0.1, 0.15) is 5.82 Å². The number of aromatic nitrogens is 2. The molecule has 3 rings (SSSR count). The second-order valence-corrected chi connectivity index (χ2v) is 7.70. The van der Waals surface area contributed by atoms with Gasteiger partial charge in [0.25, 0.3) is 0 Å². The maximum Gasteiger partial charge on any atom is 0.154 e. The molecule has 20 heavy (non-hydrogen) atoms. The third-order valence-corrected chi connectivity index (χ3v) is 5.80. The monoisotopic (exact) mass is 297 g/mol. The number of rotatable bonds is 2. The Labute approximate surface area is 118 Å². The van der Waals surface area contributed by atoms with Gasteiger partial charge in [0.15, 0.2) is 9.84 Å². The Bertz CT molecular complexity index is 617. The fraction of sp³-hybridized carbons (Fsp3) is 0.692. The van der Waals surface area contributed by atoms with Gasteiger partial charge in [-0.25, -0.2) is 18.4 Å². The minimum Gasteiger partial charge on any atom is -0.390 e. The molecule has 1 N–H and O–H groups in total. The molecule has 1 aromatic heterocycles. The van der Waals surface area contributed by atoms with Gasteiger partial charge in [-0.2, -0.15) is 0 Å².